The number of nitrogens with zero attached hydrogens (tertiary/aromatic N) is 3. The first kappa shape index (κ1) is 20.2. The molecule has 0 saturated heterocycles. The molecule has 1 aliphatic carbocycles. The number of nitrogens with one attached hydrogen (secondary N) is 1. The van der Waals surface area contributed by atoms with Gasteiger partial charge in [-0.15, -0.1) is 0 Å². The van der Waals surface area contributed by atoms with Crippen LogP contribution in [-0.4, -0.2) is 20.1 Å². The second-order valence-corrected chi connectivity index (χ2v) is 8.46. The van der Waals surface area contributed by atoms with E-state index in [-0.39, 0.29) is 17.5 Å². The van der Waals surface area contributed by atoms with Crippen molar-refractivity contribution in [2.45, 2.75) is 45.2 Å². The monoisotopic (exact) mass is 426 g/mol. The minimum absolute atomic E-state index is 0.0124. The summed E-state index contributed by atoms with van der Waals surface area (Å²) in [6, 6.07) is 17.3. The zero-order chi connectivity index (χ0) is 22.1. The van der Waals surface area contributed by atoms with Gasteiger partial charge in [-0.3, -0.25) is 9.59 Å². The molecule has 0 radical (unpaired) electrons. The minimum Gasteiger partial charge on any atom is -0.346 e. The molecule has 2 heterocycles. The molecule has 1 atom stereocenters. The first-order chi connectivity index (χ1) is 15.6. The predicted octanol–water partition coefficient (Wildman–Crippen LogP) is 3.91. The van der Waals surface area contributed by atoms with Crippen molar-refractivity contribution in [1.29, 1.82) is 0 Å². The third-order valence-corrected chi connectivity index (χ3v) is 6.25. The van der Waals surface area contributed by atoms with Crippen LogP contribution in [0.3, 0.4) is 0 Å². The number of aromatic nitrogens is 3. The molecule has 4 aromatic rings. The summed E-state index contributed by atoms with van der Waals surface area (Å²) in [4.78, 5) is 25.8. The molecule has 0 aliphatic heterocycles. The lowest BCUT2D eigenvalue weighted by molar-refractivity contribution is 0.0940. The highest BCUT2D eigenvalue weighted by atomic mass is 16.1. The molecule has 5 rings (SSSR count). The molecule has 0 bridgehead atoms. The van der Waals surface area contributed by atoms with Crippen LogP contribution in [0.2, 0.25) is 0 Å². The number of hydrogen-bond acceptors (Lipinski definition) is 3. The Hall–Kier alpha value is -3.67. The first-order valence-electron chi connectivity index (χ1n) is 11.1. The number of hydrogen-bond donors (Lipinski definition) is 1. The fourth-order valence-electron chi connectivity index (χ4n) is 4.44. The Morgan fingerprint density at radius 3 is 2.56 bits per heavy atom. The van der Waals surface area contributed by atoms with Crippen LogP contribution in [0.25, 0.3) is 5.52 Å². The van der Waals surface area contributed by atoms with Gasteiger partial charge in [-0.25, -0.2) is 4.52 Å². The molecule has 6 nitrogen and oxygen atoms in total. The second kappa shape index (κ2) is 8.46. The highest BCUT2D eigenvalue weighted by Gasteiger charge is 2.19. The smallest absolute Gasteiger partial charge is 0.277 e. The van der Waals surface area contributed by atoms with E-state index in [0.717, 1.165) is 48.1 Å². The molecular weight excluding hydrogens is 400 g/mol. The van der Waals surface area contributed by atoms with E-state index in [1.165, 1.54) is 0 Å². The number of rotatable bonds is 5. The Labute approximate surface area is 186 Å². The van der Waals surface area contributed by atoms with Gasteiger partial charge in [-0.1, -0.05) is 42.5 Å². The molecule has 162 valence electrons. The van der Waals surface area contributed by atoms with Crippen molar-refractivity contribution in [3.63, 3.8) is 0 Å². The molecule has 1 N–H and O–H groups in total. The summed E-state index contributed by atoms with van der Waals surface area (Å²) < 4.78 is 3.45. The van der Waals surface area contributed by atoms with Gasteiger partial charge in [0.15, 0.2) is 0 Å². The average Bonchev–Trinajstić information content (AvgIpc) is 3.21. The summed E-state index contributed by atoms with van der Waals surface area (Å²) in [5.74, 6) is -0.114. The number of benzene rings is 2. The molecule has 2 aromatic carbocycles. The van der Waals surface area contributed by atoms with Gasteiger partial charge in [0.1, 0.15) is 5.52 Å². The third-order valence-electron chi connectivity index (χ3n) is 6.25. The molecule has 1 aliphatic rings. The van der Waals surface area contributed by atoms with Gasteiger partial charge in [-0.2, -0.15) is 5.10 Å². The van der Waals surface area contributed by atoms with Crippen LogP contribution in [0, 0.1) is 0 Å². The zero-order valence-electron chi connectivity index (χ0n) is 18.1. The van der Waals surface area contributed by atoms with Crippen LogP contribution in [-0.2, 0) is 19.4 Å². The van der Waals surface area contributed by atoms with Crippen LogP contribution in [0.1, 0.15) is 58.5 Å². The number of carbonyl (C=O) groups excluding carboxylic acids is 1. The molecule has 32 heavy (non-hydrogen) atoms. The van der Waals surface area contributed by atoms with Crippen molar-refractivity contribution >= 4 is 11.4 Å². The third kappa shape index (κ3) is 3.84. The van der Waals surface area contributed by atoms with Crippen molar-refractivity contribution in [2.75, 3.05) is 0 Å². The van der Waals surface area contributed by atoms with E-state index < -0.39 is 0 Å². The van der Waals surface area contributed by atoms with E-state index in [4.69, 9.17) is 0 Å². The SMILES string of the molecule is C[C@H](NC(=O)c1ccc(Cn2ccn3nc4c(c3c2=O)CCCC4)cc1)c1ccccc1. The second-order valence-electron chi connectivity index (χ2n) is 8.46. The molecular formula is C26H26N4O2. The maximum absolute atomic E-state index is 13.1. The quantitative estimate of drug-likeness (QED) is 0.526. The summed E-state index contributed by atoms with van der Waals surface area (Å²) in [5.41, 5.74) is 5.49. The Kier molecular flexibility index (Phi) is 5.35. The standard InChI is InChI=1S/C26H26N4O2/c1-18(20-7-3-2-4-8-20)27-25(31)21-13-11-19(12-14-21)17-29-15-16-30-24(26(29)32)22-9-5-6-10-23(22)28-30/h2-4,7-8,11-16,18H,5-6,9-10,17H2,1H3,(H,27,31)/t18-/m0/s1. The van der Waals surface area contributed by atoms with Gasteiger partial charge >= 0.3 is 0 Å². The lowest BCUT2D eigenvalue weighted by Crippen LogP contribution is -2.26. The summed E-state index contributed by atoms with van der Waals surface area (Å²) in [6.45, 7) is 2.43. The molecule has 0 spiro atoms. The van der Waals surface area contributed by atoms with E-state index in [9.17, 15) is 9.59 Å². The lowest BCUT2D eigenvalue weighted by Gasteiger charge is -2.14. The van der Waals surface area contributed by atoms with Crippen LogP contribution in [0.5, 0.6) is 0 Å². The van der Waals surface area contributed by atoms with Crippen LogP contribution in [0.15, 0.2) is 71.8 Å². The first-order valence-corrected chi connectivity index (χ1v) is 11.1. The molecule has 2 aromatic heterocycles. The maximum atomic E-state index is 13.1. The van der Waals surface area contributed by atoms with Crippen LogP contribution >= 0.6 is 0 Å². The van der Waals surface area contributed by atoms with Crippen molar-refractivity contribution in [1.82, 2.24) is 19.5 Å². The van der Waals surface area contributed by atoms with Crippen molar-refractivity contribution in [3.8, 4) is 0 Å². The molecule has 1 amide bonds. The highest BCUT2D eigenvalue weighted by molar-refractivity contribution is 5.94. The van der Waals surface area contributed by atoms with Crippen molar-refractivity contribution in [2.24, 2.45) is 0 Å². The fourth-order valence-corrected chi connectivity index (χ4v) is 4.44. The maximum Gasteiger partial charge on any atom is 0.277 e. The van der Waals surface area contributed by atoms with Crippen molar-refractivity contribution < 1.29 is 4.79 Å². The van der Waals surface area contributed by atoms with Crippen molar-refractivity contribution in [3.05, 3.63) is 105 Å². The molecule has 0 saturated carbocycles. The zero-order valence-corrected chi connectivity index (χ0v) is 18.1. The van der Waals surface area contributed by atoms with Gasteiger partial charge in [0.25, 0.3) is 11.5 Å². The van der Waals surface area contributed by atoms with E-state index in [1.54, 1.807) is 15.3 Å². The van der Waals surface area contributed by atoms with E-state index >= 15 is 0 Å². The van der Waals surface area contributed by atoms with Crippen LogP contribution < -0.4 is 10.9 Å². The summed E-state index contributed by atoms with van der Waals surface area (Å²) in [5, 5.41) is 7.63. The number of amides is 1. The Morgan fingerprint density at radius 1 is 1.03 bits per heavy atom. The van der Waals surface area contributed by atoms with Crippen LogP contribution in [0.4, 0.5) is 0 Å². The molecule has 6 heteroatoms. The number of aryl methyl sites for hydroxylation is 2. The Morgan fingerprint density at radius 2 is 1.78 bits per heavy atom. The predicted molar refractivity (Wildman–Crippen MR) is 124 cm³/mol. The van der Waals surface area contributed by atoms with Gasteiger partial charge in [0, 0.05) is 23.5 Å². The summed E-state index contributed by atoms with van der Waals surface area (Å²) >= 11 is 0. The van der Waals surface area contributed by atoms with E-state index in [0.29, 0.717) is 17.6 Å². The van der Waals surface area contributed by atoms with Gasteiger partial charge in [0.2, 0.25) is 0 Å². The van der Waals surface area contributed by atoms with E-state index in [2.05, 4.69) is 10.4 Å². The molecule has 0 fully saturated rings. The lowest BCUT2D eigenvalue weighted by atomic mass is 9.97. The Bertz CT molecular complexity index is 1320. The molecule has 0 unspecified atom stereocenters. The fraction of sp³-hybridized carbons (Fsp3) is 0.269. The normalized spacial score (nSPS) is 14.2. The Balaban J connectivity index is 1.32. The largest absolute Gasteiger partial charge is 0.346 e. The summed E-state index contributed by atoms with van der Waals surface area (Å²) in [7, 11) is 0. The topological polar surface area (TPSA) is 68.4 Å². The van der Waals surface area contributed by atoms with Gasteiger partial charge in [0.05, 0.1) is 18.3 Å². The van der Waals surface area contributed by atoms with Gasteiger partial charge < -0.3 is 9.88 Å². The average molecular weight is 427 g/mol. The van der Waals surface area contributed by atoms with Gasteiger partial charge in [-0.05, 0) is 55.9 Å². The van der Waals surface area contributed by atoms with E-state index in [1.807, 2.05) is 67.7 Å². The summed E-state index contributed by atoms with van der Waals surface area (Å²) in [6.07, 6.45) is 7.76. The number of fused-ring (bicyclic) bond motifs is 3. The number of carbonyl (C=O) groups is 1. The highest BCUT2D eigenvalue weighted by Crippen LogP contribution is 2.22. The minimum atomic E-state index is -0.114.